The molecule has 2 amide bonds. The van der Waals surface area contributed by atoms with Gasteiger partial charge < -0.3 is 20.0 Å². The van der Waals surface area contributed by atoms with Crippen molar-refractivity contribution >= 4 is 11.7 Å². The van der Waals surface area contributed by atoms with Crippen LogP contribution in [-0.4, -0.2) is 69.2 Å². The molecule has 1 fully saturated rings. The summed E-state index contributed by atoms with van der Waals surface area (Å²) in [5, 5.41) is 3.02. The fourth-order valence-electron chi connectivity index (χ4n) is 3.01. The van der Waals surface area contributed by atoms with Crippen LogP contribution in [0.5, 0.6) is 0 Å². The molecule has 0 spiro atoms. The summed E-state index contributed by atoms with van der Waals surface area (Å²) in [7, 11) is 4.10. The second-order valence-electron chi connectivity index (χ2n) is 6.65. The SMILES string of the molecule is Cc1ccc(N2CCN(C(=O)NCCCN(C)C)CC2)c(C)c1. The zero-order chi connectivity index (χ0) is 16.8. The molecule has 1 N–H and O–H groups in total. The van der Waals surface area contributed by atoms with Crippen molar-refractivity contribution in [3.8, 4) is 0 Å². The quantitative estimate of drug-likeness (QED) is 0.845. The van der Waals surface area contributed by atoms with Crippen LogP contribution in [0.2, 0.25) is 0 Å². The number of rotatable bonds is 5. The van der Waals surface area contributed by atoms with E-state index >= 15 is 0 Å². The summed E-state index contributed by atoms with van der Waals surface area (Å²) < 4.78 is 0. The Balaban J connectivity index is 1.78. The van der Waals surface area contributed by atoms with Gasteiger partial charge in [-0.15, -0.1) is 0 Å². The molecule has 128 valence electrons. The minimum atomic E-state index is 0.0732. The Kier molecular flexibility index (Phi) is 6.28. The van der Waals surface area contributed by atoms with E-state index in [1.54, 1.807) is 0 Å². The monoisotopic (exact) mass is 318 g/mol. The van der Waals surface area contributed by atoms with Crippen molar-refractivity contribution in [2.75, 3.05) is 58.3 Å². The largest absolute Gasteiger partial charge is 0.368 e. The number of benzene rings is 1. The van der Waals surface area contributed by atoms with E-state index in [-0.39, 0.29) is 6.03 Å². The third kappa shape index (κ3) is 5.13. The summed E-state index contributed by atoms with van der Waals surface area (Å²) in [4.78, 5) is 18.6. The first kappa shape index (κ1) is 17.6. The molecule has 0 aromatic heterocycles. The molecular formula is C18H30N4O. The number of nitrogens with zero attached hydrogens (tertiary/aromatic N) is 3. The smallest absolute Gasteiger partial charge is 0.317 e. The van der Waals surface area contributed by atoms with E-state index in [2.05, 4.69) is 47.2 Å². The third-order valence-corrected chi connectivity index (χ3v) is 4.32. The molecule has 1 aromatic carbocycles. The third-order valence-electron chi connectivity index (χ3n) is 4.32. The van der Waals surface area contributed by atoms with Gasteiger partial charge in [-0.3, -0.25) is 0 Å². The lowest BCUT2D eigenvalue weighted by Gasteiger charge is -2.36. The van der Waals surface area contributed by atoms with E-state index in [1.165, 1.54) is 16.8 Å². The maximum Gasteiger partial charge on any atom is 0.317 e. The molecule has 0 radical (unpaired) electrons. The minimum absolute atomic E-state index is 0.0732. The summed E-state index contributed by atoms with van der Waals surface area (Å²) in [6, 6.07) is 6.65. The zero-order valence-electron chi connectivity index (χ0n) is 14.9. The van der Waals surface area contributed by atoms with E-state index < -0.39 is 0 Å². The van der Waals surface area contributed by atoms with Crippen molar-refractivity contribution < 1.29 is 4.79 Å². The van der Waals surface area contributed by atoms with Crippen LogP contribution in [0.1, 0.15) is 17.5 Å². The molecule has 0 atom stereocenters. The Bertz CT molecular complexity index is 522. The van der Waals surface area contributed by atoms with Gasteiger partial charge in [0.25, 0.3) is 0 Å². The number of hydrogen-bond acceptors (Lipinski definition) is 3. The normalized spacial score (nSPS) is 15.2. The lowest BCUT2D eigenvalue weighted by molar-refractivity contribution is 0.194. The molecule has 1 saturated heterocycles. The van der Waals surface area contributed by atoms with Gasteiger partial charge in [-0.1, -0.05) is 17.7 Å². The van der Waals surface area contributed by atoms with Gasteiger partial charge in [0, 0.05) is 38.4 Å². The van der Waals surface area contributed by atoms with Crippen LogP contribution in [0, 0.1) is 13.8 Å². The Hall–Kier alpha value is -1.75. The number of aryl methyl sites for hydroxylation is 2. The van der Waals surface area contributed by atoms with Crippen molar-refractivity contribution in [1.82, 2.24) is 15.1 Å². The Morgan fingerprint density at radius 2 is 1.87 bits per heavy atom. The first-order chi connectivity index (χ1) is 11.0. The Labute approximate surface area is 140 Å². The summed E-state index contributed by atoms with van der Waals surface area (Å²) >= 11 is 0. The predicted octanol–water partition coefficient (Wildman–Crippen LogP) is 2.09. The molecule has 1 aliphatic rings. The van der Waals surface area contributed by atoms with Gasteiger partial charge in [-0.25, -0.2) is 4.79 Å². The van der Waals surface area contributed by atoms with Crippen molar-refractivity contribution in [1.29, 1.82) is 0 Å². The summed E-state index contributed by atoms with van der Waals surface area (Å²) in [5.74, 6) is 0. The van der Waals surface area contributed by atoms with Gasteiger partial charge in [-0.05, 0) is 52.5 Å². The number of amides is 2. The number of piperazine rings is 1. The number of urea groups is 1. The average Bonchev–Trinajstić information content (AvgIpc) is 2.51. The molecule has 0 aliphatic carbocycles. The maximum atomic E-state index is 12.2. The number of nitrogens with one attached hydrogen (secondary N) is 1. The first-order valence-electron chi connectivity index (χ1n) is 8.47. The van der Waals surface area contributed by atoms with Gasteiger partial charge in [0.05, 0.1) is 0 Å². The van der Waals surface area contributed by atoms with Gasteiger partial charge in [-0.2, -0.15) is 0 Å². The van der Waals surface area contributed by atoms with Gasteiger partial charge in [0.2, 0.25) is 0 Å². The van der Waals surface area contributed by atoms with E-state index in [0.717, 1.165) is 45.7 Å². The highest BCUT2D eigenvalue weighted by Gasteiger charge is 2.21. The highest BCUT2D eigenvalue weighted by Crippen LogP contribution is 2.22. The second-order valence-corrected chi connectivity index (χ2v) is 6.65. The lowest BCUT2D eigenvalue weighted by Crippen LogP contribution is -2.52. The molecule has 1 heterocycles. The van der Waals surface area contributed by atoms with Crippen LogP contribution >= 0.6 is 0 Å². The molecule has 2 rings (SSSR count). The molecule has 0 unspecified atom stereocenters. The van der Waals surface area contributed by atoms with E-state index in [0.29, 0.717) is 0 Å². The highest BCUT2D eigenvalue weighted by molar-refractivity contribution is 5.74. The number of anilines is 1. The number of hydrogen-bond donors (Lipinski definition) is 1. The van der Waals surface area contributed by atoms with Crippen LogP contribution in [0.3, 0.4) is 0 Å². The van der Waals surface area contributed by atoms with Gasteiger partial charge >= 0.3 is 6.03 Å². The molecule has 0 saturated carbocycles. The van der Waals surface area contributed by atoms with Crippen LogP contribution in [0.4, 0.5) is 10.5 Å². The fraction of sp³-hybridized carbons (Fsp3) is 0.611. The Morgan fingerprint density at radius 3 is 2.48 bits per heavy atom. The Morgan fingerprint density at radius 1 is 1.17 bits per heavy atom. The minimum Gasteiger partial charge on any atom is -0.368 e. The molecule has 0 bridgehead atoms. The van der Waals surface area contributed by atoms with Gasteiger partial charge in [0.15, 0.2) is 0 Å². The van der Waals surface area contributed by atoms with Crippen molar-refractivity contribution in [2.45, 2.75) is 20.3 Å². The van der Waals surface area contributed by atoms with E-state index in [1.807, 2.05) is 19.0 Å². The molecule has 23 heavy (non-hydrogen) atoms. The standard InChI is InChI=1S/C18H30N4O/c1-15-6-7-17(16(2)14-15)21-10-12-22(13-11-21)18(23)19-8-5-9-20(3)4/h6-7,14H,5,8-13H2,1-4H3,(H,19,23). The van der Waals surface area contributed by atoms with Crippen molar-refractivity contribution in [3.63, 3.8) is 0 Å². The summed E-state index contributed by atoms with van der Waals surface area (Å²) in [5.41, 5.74) is 3.90. The van der Waals surface area contributed by atoms with E-state index in [4.69, 9.17) is 0 Å². The number of carbonyl (C=O) groups excluding carboxylic acids is 1. The van der Waals surface area contributed by atoms with Crippen LogP contribution in [-0.2, 0) is 0 Å². The average molecular weight is 318 g/mol. The molecule has 5 heteroatoms. The van der Waals surface area contributed by atoms with Crippen molar-refractivity contribution in [3.05, 3.63) is 29.3 Å². The second kappa shape index (κ2) is 8.20. The van der Waals surface area contributed by atoms with Crippen LogP contribution in [0.15, 0.2) is 18.2 Å². The predicted molar refractivity (Wildman–Crippen MR) is 96.3 cm³/mol. The van der Waals surface area contributed by atoms with Crippen molar-refractivity contribution in [2.24, 2.45) is 0 Å². The zero-order valence-corrected chi connectivity index (χ0v) is 14.9. The molecule has 1 aromatic rings. The molecule has 5 nitrogen and oxygen atoms in total. The summed E-state index contributed by atoms with van der Waals surface area (Å²) in [6.07, 6.45) is 0.987. The maximum absolute atomic E-state index is 12.2. The number of carbonyl (C=O) groups is 1. The molecular weight excluding hydrogens is 288 g/mol. The first-order valence-corrected chi connectivity index (χ1v) is 8.47. The lowest BCUT2D eigenvalue weighted by atomic mass is 10.1. The van der Waals surface area contributed by atoms with Gasteiger partial charge in [0.1, 0.15) is 0 Å². The highest BCUT2D eigenvalue weighted by atomic mass is 16.2. The van der Waals surface area contributed by atoms with Crippen LogP contribution in [0.25, 0.3) is 0 Å². The van der Waals surface area contributed by atoms with Crippen LogP contribution < -0.4 is 10.2 Å². The topological polar surface area (TPSA) is 38.8 Å². The fourth-order valence-corrected chi connectivity index (χ4v) is 3.01. The summed E-state index contributed by atoms with van der Waals surface area (Å²) in [6.45, 7) is 9.39. The molecule has 1 aliphatic heterocycles. The van der Waals surface area contributed by atoms with E-state index in [9.17, 15) is 4.79 Å².